The summed E-state index contributed by atoms with van der Waals surface area (Å²) in [7, 11) is 0. The first-order valence-electron chi connectivity index (χ1n) is 7.09. The monoisotopic (exact) mass is 375 g/mol. The first-order valence-corrected chi connectivity index (χ1v) is 7.85. The molecule has 3 nitrogen and oxygen atoms in total. The fourth-order valence-electron chi connectivity index (χ4n) is 2.00. The average Bonchev–Trinajstić information content (AvgIpc) is 2.47. The maximum Gasteiger partial charge on any atom is 0.124 e. The quantitative estimate of drug-likeness (QED) is 0.749. The average molecular weight is 377 g/mol. The Labute approximate surface area is 153 Å². The predicted octanol–water partition coefficient (Wildman–Crippen LogP) is 4.46. The normalized spacial score (nSPS) is 11.7. The molecule has 0 bridgehead atoms. The molecule has 0 aliphatic heterocycles. The van der Waals surface area contributed by atoms with Crippen molar-refractivity contribution in [3.05, 3.63) is 63.6 Å². The van der Waals surface area contributed by atoms with Gasteiger partial charge in [-0.15, -0.1) is 12.4 Å². The molecule has 0 aliphatic rings. The molecular formula is C17H20Cl3NO2. The molecule has 2 aromatic rings. The van der Waals surface area contributed by atoms with E-state index < -0.39 is 0 Å². The number of ether oxygens (including phenoxy) is 1. The summed E-state index contributed by atoms with van der Waals surface area (Å²) in [6.07, 6.45) is -0.374. The van der Waals surface area contributed by atoms with Crippen molar-refractivity contribution in [3.63, 3.8) is 0 Å². The summed E-state index contributed by atoms with van der Waals surface area (Å²) in [4.78, 5) is 0. The van der Waals surface area contributed by atoms with Crippen molar-refractivity contribution in [1.29, 1.82) is 0 Å². The van der Waals surface area contributed by atoms with Crippen LogP contribution in [0.2, 0.25) is 10.0 Å². The highest BCUT2D eigenvalue weighted by molar-refractivity contribution is 6.35. The molecule has 126 valence electrons. The first kappa shape index (κ1) is 20.1. The third-order valence-corrected chi connectivity index (χ3v) is 3.71. The van der Waals surface area contributed by atoms with Gasteiger partial charge in [0.1, 0.15) is 12.4 Å². The van der Waals surface area contributed by atoms with Gasteiger partial charge in [0.2, 0.25) is 0 Å². The van der Waals surface area contributed by atoms with Gasteiger partial charge >= 0.3 is 0 Å². The Kier molecular flexibility index (Phi) is 8.74. The zero-order chi connectivity index (χ0) is 15.9. The number of aliphatic hydroxyl groups is 1. The molecule has 23 heavy (non-hydrogen) atoms. The molecule has 1 atom stereocenters. The topological polar surface area (TPSA) is 41.5 Å². The van der Waals surface area contributed by atoms with Gasteiger partial charge in [0.05, 0.1) is 6.10 Å². The van der Waals surface area contributed by atoms with E-state index in [1.807, 2.05) is 30.3 Å². The summed E-state index contributed by atoms with van der Waals surface area (Å²) in [6, 6.07) is 13.2. The molecular weight excluding hydrogens is 357 g/mol. The van der Waals surface area contributed by atoms with Crippen LogP contribution in [-0.2, 0) is 13.2 Å². The number of aliphatic hydroxyl groups excluding tert-OH is 1. The maximum absolute atomic E-state index is 9.29. The van der Waals surface area contributed by atoms with Gasteiger partial charge in [-0.05, 0) is 25.1 Å². The third-order valence-electron chi connectivity index (χ3n) is 3.13. The van der Waals surface area contributed by atoms with Crippen molar-refractivity contribution in [2.45, 2.75) is 26.2 Å². The van der Waals surface area contributed by atoms with Crippen LogP contribution in [0.3, 0.4) is 0 Å². The van der Waals surface area contributed by atoms with E-state index in [2.05, 4.69) is 5.32 Å². The largest absolute Gasteiger partial charge is 0.489 e. The molecule has 0 spiro atoms. The Morgan fingerprint density at radius 3 is 2.57 bits per heavy atom. The summed E-state index contributed by atoms with van der Waals surface area (Å²) in [5, 5.41) is 13.7. The van der Waals surface area contributed by atoms with E-state index >= 15 is 0 Å². The molecule has 0 saturated heterocycles. The van der Waals surface area contributed by atoms with Gasteiger partial charge in [-0.3, -0.25) is 0 Å². The minimum absolute atomic E-state index is 0. The van der Waals surface area contributed by atoms with Crippen LogP contribution in [0, 0.1) is 0 Å². The van der Waals surface area contributed by atoms with E-state index in [0.29, 0.717) is 29.7 Å². The van der Waals surface area contributed by atoms with Crippen LogP contribution < -0.4 is 10.1 Å². The zero-order valence-electron chi connectivity index (χ0n) is 12.8. The van der Waals surface area contributed by atoms with Crippen molar-refractivity contribution in [3.8, 4) is 5.75 Å². The minimum Gasteiger partial charge on any atom is -0.489 e. The molecule has 2 aromatic carbocycles. The third kappa shape index (κ3) is 6.58. The van der Waals surface area contributed by atoms with Gasteiger partial charge in [0.15, 0.2) is 0 Å². The second kappa shape index (κ2) is 10.0. The summed E-state index contributed by atoms with van der Waals surface area (Å²) in [5.74, 6) is 0.798. The molecule has 1 unspecified atom stereocenters. The molecule has 0 radical (unpaired) electrons. The minimum atomic E-state index is -0.374. The number of hydrogen-bond acceptors (Lipinski definition) is 3. The molecule has 0 aliphatic carbocycles. The van der Waals surface area contributed by atoms with Crippen LogP contribution in [-0.4, -0.2) is 17.8 Å². The Morgan fingerprint density at radius 2 is 1.87 bits per heavy atom. The first-order chi connectivity index (χ1) is 10.6. The lowest BCUT2D eigenvalue weighted by atomic mass is 10.2. The Balaban J connectivity index is 0.00000264. The zero-order valence-corrected chi connectivity index (χ0v) is 15.1. The standard InChI is InChI=1S/C17H19Cl2NO2.ClH/c1-12(21)9-20-10-13-4-2-3-5-17(13)22-11-14-6-7-15(18)8-16(14)19;/h2-8,12,20-21H,9-11H2,1H3;1H. The van der Waals surface area contributed by atoms with E-state index in [9.17, 15) is 5.11 Å². The smallest absolute Gasteiger partial charge is 0.124 e. The lowest BCUT2D eigenvalue weighted by molar-refractivity contribution is 0.190. The van der Waals surface area contributed by atoms with Gasteiger partial charge in [0.25, 0.3) is 0 Å². The van der Waals surface area contributed by atoms with Crippen LogP contribution in [0.25, 0.3) is 0 Å². The van der Waals surface area contributed by atoms with Gasteiger partial charge in [-0.1, -0.05) is 47.5 Å². The highest BCUT2D eigenvalue weighted by Crippen LogP contribution is 2.24. The van der Waals surface area contributed by atoms with E-state index in [1.54, 1.807) is 19.1 Å². The predicted molar refractivity (Wildman–Crippen MR) is 97.9 cm³/mol. The van der Waals surface area contributed by atoms with Crippen molar-refractivity contribution >= 4 is 35.6 Å². The van der Waals surface area contributed by atoms with Crippen LogP contribution in [0.5, 0.6) is 5.75 Å². The number of para-hydroxylation sites is 1. The number of hydrogen-bond donors (Lipinski definition) is 2. The number of benzene rings is 2. The summed E-state index contributed by atoms with van der Waals surface area (Å²) in [6.45, 7) is 3.30. The second-order valence-corrected chi connectivity index (χ2v) is 5.96. The Bertz CT molecular complexity index is 621. The SMILES string of the molecule is CC(O)CNCc1ccccc1OCc1ccc(Cl)cc1Cl.Cl. The van der Waals surface area contributed by atoms with E-state index in [0.717, 1.165) is 16.9 Å². The van der Waals surface area contributed by atoms with E-state index in [1.165, 1.54) is 0 Å². The van der Waals surface area contributed by atoms with Crippen LogP contribution >= 0.6 is 35.6 Å². The molecule has 0 heterocycles. The van der Waals surface area contributed by atoms with E-state index in [4.69, 9.17) is 27.9 Å². The van der Waals surface area contributed by atoms with Crippen LogP contribution in [0.15, 0.2) is 42.5 Å². The van der Waals surface area contributed by atoms with Gasteiger partial charge in [-0.25, -0.2) is 0 Å². The lowest BCUT2D eigenvalue weighted by Crippen LogP contribution is -2.24. The molecule has 2 rings (SSSR count). The van der Waals surface area contributed by atoms with Crippen molar-refractivity contribution in [2.24, 2.45) is 0 Å². The Morgan fingerprint density at radius 1 is 1.13 bits per heavy atom. The fourth-order valence-corrected chi connectivity index (χ4v) is 2.46. The van der Waals surface area contributed by atoms with Crippen molar-refractivity contribution in [1.82, 2.24) is 5.32 Å². The van der Waals surface area contributed by atoms with Gasteiger partial charge in [0, 0.05) is 34.3 Å². The molecule has 0 fully saturated rings. The van der Waals surface area contributed by atoms with Gasteiger partial charge in [-0.2, -0.15) is 0 Å². The molecule has 6 heteroatoms. The highest BCUT2D eigenvalue weighted by Gasteiger charge is 2.06. The molecule has 0 amide bonds. The van der Waals surface area contributed by atoms with E-state index in [-0.39, 0.29) is 18.5 Å². The summed E-state index contributed by atoms with van der Waals surface area (Å²) >= 11 is 12.0. The second-order valence-electron chi connectivity index (χ2n) is 5.11. The fraction of sp³-hybridized carbons (Fsp3) is 0.294. The maximum atomic E-state index is 9.29. The van der Waals surface area contributed by atoms with Crippen LogP contribution in [0.4, 0.5) is 0 Å². The number of rotatable bonds is 7. The van der Waals surface area contributed by atoms with Gasteiger partial charge < -0.3 is 15.2 Å². The number of halogens is 3. The highest BCUT2D eigenvalue weighted by atomic mass is 35.5. The summed E-state index contributed by atoms with van der Waals surface area (Å²) < 4.78 is 5.87. The summed E-state index contributed by atoms with van der Waals surface area (Å²) in [5.41, 5.74) is 1.92. The van der Waals surface area contributed by atoms with Crippen molar-refractivity contribution < 1.29 is 9.84 Å². The molecule has 2 N–H and O–H groups in total. The lowest BCUT2D eigenvalue weighted by Gasteiger charge is -2.13. The molecule has 0 aromatic heterocycles. The molecule has 0 saturated carbocycles. The number of nitrogens with one attached hydrogen (secondary N) is 1. The van der Waals surface area contributed by atoms with Crippen molar-refractivity contribution in [2.75, 3.05) is 6.54 Å². The van der Waals surface area contributed by atoms with Crippen LogP contribution in [0.1, 0.15) is 18.1 Å². The Hall–Kier alpha value is -0.970.